The summed E-state index contributed by atoms with van der Waals surface area (Å²) in [5.41, 5.74) is -0.400. The van der Waals surface area contributed by atoms with Gasteiger partial charge in [0, 0.05) is 23.4 Å². The summed E-state index contributed by atoms with van der Waals surface area (Å²) in [6.45, 7) is 15.1. The first-order valence-corrected chi connectivity index (χ1v) is 13.1. The van der Waals surface area contributed by atoms with Crippen molar-refractivity contribution in [2.75, 3.05) is 19.8 Å². The number of fused-ring (bicyclic) bond motifs is 1. The smallest absolute Gasteiger partial charge is 0.311 e. The number of nitrogens with one attached hydrogen (secondary N) is 1. The summed E-state index contributed by atoms with van der Waals surface area (Å²) in [5.74, 6) is -1.65. The van der Waals surface area contributed by atoms with E-state index in [2.05, 4.69) is 26.1 Å². The number of amides is 2. The molecule has 8 heteroatoms. The molecular weight excluding hydrogens is 440 g/mol. The molecule has 188 valence electrons. The summed E-state index contributed by atoms with van der Waals surface area (Å²) in [5, 5.41) is 12.5. The first-order valence-electron chi connectivity index (χ1n) is 12.3. The molecule has 0 aromatic rings. The van der Waals surface area contributed by atoms with Gasteiger partial charge in [0.15, 0.2) is 0 Å². The Balaban J connectivity index is 1.97. The van der Waals surface area contributed by atoms with Gasteiger partial charge in [0.2, 0.25) is 11.8 Å². The molecule has 3 rings (SSSR count). The van der Waals surface area contributed by atoms with Gasteiger partial charge in [-0.3, -0.25) is 14.4 Å². The largest absolute Gasteiger partial charge is 0.466 e. The summed E-state index contributed by atoms with van der Waals surface area (Å²) in [7, 11) is 0. The molecule has 2 bridgehead atoms. The van der Waals surface area contributed by atoms with Gasteiger partial charge in [-0.15, -0.1) is 11.8 Å². The third-order valence-corrected chi connectivity index (χ3v) is 9.29. The zero-order valence-corrected chi connectivity index (χ0v) is 22.1. The van der Waals surface area contributed by atoms with Crippen LogP contribution in [0, 0.1) is 17.3 Å². The molecule has 3 aliphatic heterocycles. The van der Waals surface area contributed by atoms with Crippen molar-refractivity contribution >= 4 is 29.5 Å². The molecule has 2 N–H and O–H groups in total. The van der Waals surface area contributed by atoms with Gasteiger partial charge in [-0.2, -0.15) is 0 Å². The monoisotopic (exact) mass is 482 g/mol. The molecule has 0 radical (unpaired) electrons. The minimum atomic E-state index is -0.626. The molecule has 0 aliphatic carbocycles. The Morgan fingerprint density at radius 2 is 1.88 bits per heavy atom. The standard InChI is InChI=1S/C25H42N2O5S/c1-8-32-21(31)17-16-20(30)27(13-9-10-14-28)18(25(16)12-11-24(17,7)33-25)19(29)26-23(5,6)15-22(2,3)4/h16-18,28H,8-15H2,1-7H3,(H,26,29)/t16-,17-,18?,24+,25?/m0/s1. The van der Waals surface area contributed by atoms with Gasteiger partial charge in [-0.05, 0) is 65.2 Å². The van der Waals surface area contributed by atoms with E-state index in [1.54, 1.807) is 23.6 Å². The van der Waals surface area contributed by atoms with Crippen LogP contribution in [0.4, 0.5) is 0 Å². The molecule has 1 spiro atoms. The first kappa shape index (κ1) is 26.3. The van der Waals surface area contributed by atoms with Gasteiger partial charge in [-0.25, -0.2) is 0 Å². The quantitative estimate of drug-likeness (QED) is 0.387. The maximum absolute atomic E-state index is 13.9. The Bertz CT molecular complexity index is 794. The van der Waals surface area contributed by atoms with Crippen molar-refractivity contribution < 1.29 is 24.2 Å². The van der Waals surface area contributed by atoms with Gasteiger partial charge in [-0.1, -0.05) is 20.8 Å². The van der Waals surface area contributed by atoms with E-state index in [1.807, 2.05) is 20.8 Å². The number of hydrogen-bond donors (Lipinski definition) is 2. The number of thioether (sulfide) groups is 1. The van der Waals surface area contributed by atoms with E-state index in [0.29, 0.717) is 19.4 Å². The highest BCUT2D eigenvalue weighted by Gasteiger charge is 2.77. The van der Waals surface area contributed by atoms with Crippen molar-refractivity contribution in [3.8, 4) is 0 Å². The average molecular weight is 483 g/mol. The van der Waals surface area contributed by atoms with Gasteiger partial charge in [0.05, 0.1) is 23.2 Å². The molecule has 2 unspecified atom stereocenters. The average Bonchev–Trinajstić information content (AvgIpc) is 3.21. The van der Waals surface area contributed by atoms with Crippen molar-refractivity contribution in [2.24, 2.45) is 17.3 Å². The minimum Gasteiger partial charge on any atom is -0.466 e. The maximum atomic E-state index is 13.9. The van der Waals surface area contributed by atoms with Gasteiger partial charge in [0.1, 0.15) is 6.04 Å². The third-order valence-electron chi connectivity index (χ3n) is 7.31. The van der Waals surface area contributed by atoms with E-state index in [4.69, 9.17) is 4.74 Å². The first-order chi connectivity index (χ1) is 15.2. The van der Waals surface area contributed by atoms with Gasteiger partial charge < -0.3 is 20.1 Å². The molecule has 3 saturated heterocycles. The number of unbranched alkanes of at least 4 members (excludes halogenated alkanes) is 1. The molecule has 33 heavy (non-hydrogen) atoms. The van der Waals surface area contributed by atoms with Crippen LogP contribution in [0.5, 0.6) is 0 Å². The number of rotatable bonds is 9. The maximum Gasteiger partial charge on any atom is 0.311 e. The van der Waals surface area contributed by atoms with E-state index >= 15 is 0 Å². The Kier molecular flexibility index (Phi) is 7.23. The minimum absolute atomic E-state index is 0.0347. The van der Waals surface area contributed by atoms with Gasteiger partial charge in [0.25, 0.3) is 0 Å². The molecule has 3 fully saturated rings. The Morgan fingerprint density at radius 1 is 1.21 bits per heavy atom. The van der Waals surface area contributed by atoms with Crippen LogP contribution in [0.1, 0.15) is 80.6 Å². The van der Waals surface area contributed by atoms with Crippen LogP contribution in [-0.4, -0.2) is 68.6 Å². The van der Waals surface area contributed by atoms with Crippen LogP contribution in [0.2, 0.25) is 0 Å². The lowest BCUT2D eigenvalue weighted by molar-refractivity contribution is -0.155. The van der Waals surface area contributed by atoms with Crippen molar-refractivity contribution in [1.82, 2.24) is 10.2 Å². The van der Waals surface area contributed by atoms with Crippen LogP contribution in [0.15, 0.2) is 0 Å². The second-order valence-electron chi connectivity index (χ2n) is 12.1. The molecule has 3 heterocycles. The molecular formula is C25H42N2O5S. The van der Waals surface area contributed by atoms with E-state index in [9.17, 15) is 19.5 Å². The molecule has 7 nitrogen and oxygen atoms in total. The lowest BCUT2D eigenvalue weighted by Gasteiger charge is -2.38. The predicted octanol–water partition coefficient (Wildman–Crippen LogP) is 3.13. The summed E-state index contributed by atoms with van der Waals surface area (Å²) >= 11 is 1.66. The molecule has 5 atom stereocenters. The van der Waals surface area contributed by atoms with E-state index in [-0.39, 0.29) is 36.4 Å². The number of ether oxygens (including phenoxy) is 1. The Morgan fingerprint density at radius 3 is 2.45 bits per heavy atom. The normalized spacial score (nSPS) is 33.4. The number of carbonyl (C=O) groups excluding carboxylic acids is 3. The van der Waals surface area contributed by atoms with Crippen LogP contribution < -0.4 is 5.32 Å². The van der Waals surface area contributed by atoms with E-state index in [0.717, 1.165) is 19.3 Å². The highest BCUT2D eigenvalue weighted by molar-refractivity contribution is 8.02. The molecule has 0 aromatic carbocycles. The topological polar surface area (TPSA) is 95.9 Å². The number of hydrogen-bond acceptors (Lipinski definition) is 6. The highest BCUT2D eigenvalue weighted by Crippen LogP contribution is 2.71. The number of aliphatic hydroxyl groups is 1. The second-order valence-corrected chi connectivity index (χ2v) is 13.9. The molecule has 2 amide bonds. The van der Waals surface area contributed by atoms with Crippen LogP contribution in [0.3, 0.4) is 0 Å². The third kappa shape index (κ3) is 4.79. The summed E-state index contributed by atoms with van der Waals surface area (Å²) in [6.07, 6.45) is 3.49. The van der Waals surface area contributed by atoms with Crippen molar-refractivity contribution in [2.45, 2.75) is 102 Å². The number of nitrogens with zero attached hydrogens (tertiary/aromatic N) is 1. The number of carbonyl (C=O) groups is 3. The lowest BCUT2D eigenvalue weighted by Crippen LogP contribution is -2.58. The highest BCUT2D eigenvalue weighted by atomic mass is 32.2. The van der Waals surface area contributed by atoms with Crippen molar-refractivity contribution in [1.29, 1.82) is 0 Å². The number of likely N-dealkylation sites (tertiary alicyclic amines) is 1. The second kappa shape index (κ2) is 9.06. The zero-order valence-electron chi connectivity index (χ0n) is 21.3. The molecule has 0 saturated carbocycles. The van der Waals surface area contributed by atoms with E-state index < -0.39 is 32.9 Å². The lowest BCUT2D eigenvalue weighted by atomic mass is 9.66. The van der Waals surface area contributed by atoms with Crippen molar-refractivity contribution in [3.63, 3.8) is 0 Å². The number of aliphatic hydroxyl groups excluding tert-OH is 1. The SMILES string of the molecule is CCOC(=O)[C@@H]1[C@H]2C(=O)N(CCCCO)C(C(=O)NC(C)(C)CC(C)(C)C)C23CC[C@@]1(C)S3. The van der Waals surface area contributed by atoms with Crippen LogP contribution in [-0.2, 0) is 19.1 Å². The Labute approximate surface area is 202 Å². The van der Waals surface area contributed by atoms with E-state index in [1.165, 1.54) is 0 Å². The fourth-order valence-corrected chi connectivity index (χ4v) is 9.07. The number of esters is 1. The van der Waals surface area contributed by atoms with Crippen LogP contribution in [0.25, 0.3) is 0 Å². The molecule has 0 aromatic heterocycles. The molecule has 3 aliphatic rings. The van der Waals surface area contributed by atoms with Crippen LogP contribution >= 0.6 is 11.8 Å². The fraction of sp³-hybridized carbons (Fsp3) is 0.880. The summed E-state index contributed by atoms with van der Waals surface area (Å²) in [4.78, 5) is 42.4. The fourth-order valence-electron chi connectivity index (χ4n) is 6.72. The predicted molar refractivity (Wildman–Crippen MR) is 130 cm³/mol. The summed E-state index contributed by atoms with van der Waals surface area (Å²) in [6, 6.07) is -0.626. The summed E-state index contributed by atoms with van der Waals surface area (Å²) < 4.78 is 4.38. The van der Waals surface area contributed by atoms with Gasteiger partial charge >= 0.3 is 5.97 Å². The zero-order chi connectivity index (χ0) is 24.8. The Hall–Kier alpha value is -1.28. The van der Waals surface area contributed by atoms with Crippen molar-refractivity contribution in [3.05, 3.63) is 0 Å².